The smallest absolute Gasteiger partial charge is 0.230 e. The molecule has 2 aliphatic rings. The molecule has 2 aromatic heterocycles. The lowest BCUT2D eigenvalue weighted by molar-refractivity contribution is -0.114. The first-order valence-corrected chi connectivity index (χ1v) is 18.4. The van der Waals surface area contributed by atoms with E-state index in [0.717, 1.165) is 97.1 Å². The number of nitrogen functional groups attached to an aromatic ring is 1. The Bertz CT molecular complexity index is 2220. The molecule has 8 rings (SSSR count). The van der Waals surface area contributed by atoms with E-state index in [-0.39, 0.29) is 5.91 Å². The average molecular weight is 744 g/mol. The summed E-state index contributed by atoms with van der Waals surface area (Å²) < 4.78 is 0. The summed E-state index contributed by atoms with van der Waals surface area (Å²) in [6.07, 6.45) is 1.67. The van der Waals surface area contributed by atoms with Crippen LogP contribution in [0.25, 0.3) is 22.5 Å². The molecule has 53 heavy (non-hydrogen) atoms. The maximum absolute atomic E-state index is 11.5. The van der Waals surface area contributed by atoms with Crippen LogP contribution in [-0.2, 0) is 43.8 Å². The minimum atomic E-state index is -0.188. The van der Waals surface area contributed by atoms with Gasteiger partial charge in [0.15, 0.2) is 0 Å². The summed E-state index contributed by atoms with van der Waals surface area (Å²) >= 11 is 12.9. The van der Waals surface area contributed by atoms with Crippen molar-refractivity contribution in [2.45, 2.75) is 45.9 Å². The molecule has 0 spiro atoms. The second-order valence-electron chi connectivity index (χ2n) is 13.2. The molecular weight excluding hydrogens is 703 g/mol. The molecule has 11 heteroatoms. The van der Waals surface area contributed by atoms with Gasteiger partial charge in [-0.05, 0) is 23.3 Å². The molecule has 6 aromatic rings. The molecule has 268 valence electrons. The molecule has 0 fully saturated rings. The highest BCUT2D eigenvalue weighted by atomic mass is 35.5. The first kappa shape index (κ1) is 36.2. The number of halogens is 2. The van der Waals surface area contributed by atoms with Gasteiger partial charge in [0.2, 0.25) is 17.8 Å². The number of nitrogens with zero attached hydrogens (tertiary/aromatic N) is 6. The number of benzene rings is 4. The average Bonchev–Trinajstić information content (AvgIpc) is 3.16. The number of aromatic nitrogens is 4. The molecule has 0 radical (unpaired) electrons. The van der Waals surface area contributed by atoms with E-state index >= 15 is 0 Å². The van der Waals surface area contributed by atoms with Crippen molar-refractivity contribution in [3.8, 4) is 22.5 Å². The number of amides is 1. The van der Waals surface area contributed by atoms with Crippen molar-refractivity contribution in [2.75, 3.05) is 24.1 Å². The van der Waals surface area contributed by atoms with Gasteiger partial charge in [-0.3, -0.25) is 19.9 Å². The zero-order valence-corrected chi connectivity index (χ0v) is 31.0. The zero-order valence-electron chi connectivity index (χ0n) is 29.5. The zero-order chi connectivity index (χ0) is 36.7. The Hall–Kier alpha value is -5.19. The second kappa shape index (κ2) is 16.7. The highest BCUT2D eigenvalue weighted by molar-refractivity contribution is 6.33. The Morgan fingerprint density at radius 1 is 0.642 bits per heavy atom. The monoisotopic (exact) mass is 742 g/mol. The van der Waals surface area contributed by atoms with Crippen LogP contribution >= 0.6 is 23.2 Å². The second-order valence-corrected chi connectivity index (χ2v) is 14.0. The lowest BCUT2D eigenvalue weighted by atomic mass is 9.98. The molecule has 1 amide bonds. The lowest BCUT2D eigenvalue weighted by Gasteiger charge is -2.30. The summed E-state index contributed by atoms with van der Waals surface area (Å²) in [5, 5.41) is 4.04. The number of nitrogens with one attached hydrogen (secondary N) is 1. The first-order valence-electron chi connectivity index (χ1n) is 17.7. The molecule has 0 saturated heterocycles. The fourth-order valence-corrected chi connectivity index (χ4v) is 7.33. The third kappa shape index (κ3) is 8.89. The highest BCUT2D eigenvalue weighted by Crippen LogP contribution is 2.35. The van der Waals surface area contributed by atoms with Gasteiger partial charge in [0.25, 0.3) is 0 Å². The predicted molar refractivity (Wildman–Crippen MR) is 212 cm³/mol. The van der Waals surface area contributed by atoms with E-state index < -0.39 is 0 Å². The van der Waals surface area contributed by atoms with Crippen molar-refractivity contribution >= 4 is 41.0 Å². The van der Waals surface area contributed by atoms with E-state index in [1.807, 2.05) is 60.7 Å². The van der Waals surface area contributed by atoms with Gasteiger partial charge in [-0.2, -0.15) is 0 Å². The Balaban J connectivity index is 0.000000165. The van der Waals surface area contributed by atoms with E-state index in [4.69, 9.17) is 28.9 Å². The van der Waals surface area contributed by atoms with Gasteiger partial charge in [0.05, 0.1) is 22.8 Å². The summed E-state index contributed by atoms with van der Waals surface area (Å²) in [6.45, 7) is 6.64. The van der Waals surface area contributed by atoms with Crippen LogP contribution in [0.1, 0.15) is 40.6 Å². The van der Waals surface area contributed by atoms with E-state index in [1.165, 1.54) is 18.1 Å². The molecule has 2 aliphatic heterocycles. The van der Waals surface area contributed by atoms with Crippen molar-refractivity contribution in [2.24, 2.45) is 0 Å². The Labute approximate surface area is 319 Å². The maximum atomic E-state index is 11.5. The minimum Gasteiger partial charge on any atom is -0.368 e. The SMILES string of the molecule is CC(=O)Nc1nc2c(c(-c3ccccc3Cl)n1)CN(Cc1ccccc1)CC2.Nc1nc2c(c(-c3ccccc3Cl)n1)CN(Cc1ccccc1)CC2. The van der Waals surface area contributed by atoms with Crippen molar-refractivity contribution in [3.63, 3.8) is 0 Å². The number of carbonyl (C=O) groups is 1. The molecule has 0 bridgehead atoms. The number of hydrogen-bond acceptors (Lipinski definition) is 8. The molecule has 4 heterocycles. The first-order chi connectivity index (χ1) is 25.8. The molecule has 3 N–H and O–H groups in total. The van der Waals surface area contributed by atoms with Gasteiger partial charge in [0, 0.05) is 91.3 Å². The van der Waals surface area contributed by atoms with Gasteiger partial charge in [0.1, 0.15) is 0 Å². The number of anilines is 2. The minimum absolute atomic E-state index is 0.188. The van der Waals surface area contributed by atoms with Crippen molar-refractivity contribution in [1.82, 2.24) is 29.7 Å². The molecule has 0 aliphatic carbocycles. The van der Waals surface area contributed by atoms with Crippen LogP contribution in [0.15, 0.2) is 109 Å². The number of carbonyl (C=O) groups excluding carboxylic acids is 1. The third-order valence-corrected chi connectivity index (χ3v) is 10.00. The number of rotatable bonds is 7. The van der Waals surface area contributed by atoms with Crippen LogP contribution in [0.4, 0.5) is 11.9 Å². The maximum Gasteiger partial charge on any atom is 0.230 e. The Morgan fingerprint density at radius 3 is 1.58 bits per heavy atom. The normalized spacial score (nSPS) is 14.0. The Kier molecular flexibility index (Phi) is 11.4. The van der Waals surface area contributed by atoms with Crippen LogP contribution in [0.3, 0.4) is 0 Å². The van der Waals surface area contributed by atoms with E-state index in [1.54, 1.807) is 0 Å². The van der Waals surface area contributed by atoms with Crippen LogP contribution in [0, 0.1) is 0 Å². The van der Waals surface area contributed by atoms with Gasteiger partial charge in [-0.25, -0.2) is 19.9 Å². The van der Waals surface area contributed by atoms with Crippen molar-refractivity contribution < 1.29 is 4.79 Å². The number of hydrogen-bond donors (Lipinski definition) is 2. The van der Waals surface area contributed by atoms with E-state index in [2.05, 4.69) is 83.6 Å². The largest absolute Gasteiger partial charge is 0.368 e. The summed E-state index contributed by atoms with van der Waals surface area (Å²) in [5.74, 6) is 0.453. The van der Waals surface area contributed by atoms with Crippen LogP contribution in [0.5, 0.6) is 0 Å². The molecule has 4 aromatic carbocycles. The summed E-state index contributed by atoms with van der Waals surface area (Å²) in [5.41, 5.74) is 16.2. The topological polar surface area (TPSA) is 113 Å². The summed E-state index contributed by atoms with van der Waals surface area (Å²) in [6, 6.07) is 36.3. The predicted octanol–water partition coefficient (Wildman–Crippen LogP) is 8.25. The molecule has 0 unspecified atom stereocenters. The Morgan fingerprint density at radius 2 is 1.09 bits per heavy atom. The van der Waals surface area contributed by atoms with E-state index in [0.29, 0.717) is 21.9 Å². The lowest BCUT2D eigenvalue weighted by Crippen LogP contribution is -2.31. The fourth-order valence-electron chi connectivity index (χ4n) is 6.88. The summed E-state index contributed by atoms with van der Waals surface area (Å²) in [4.78, 5) is 34.6. The fraction of sp³-hybridized carbons (Fsp3) is 0.214. The van der Waals surface area contributed by atoms with Crippen LogP contribution in [0.2, 0.25) is 10.0 Å². The van der Waals surface area contributed by atoms with Gasteiger partial charge in [-0.15, -0.1) is 0 Å². The van der Waals surface area contributed by atoms with Crippen molar-refractivity contribution in [3.05, 3.63) is 153 Å². The van der Waals surface area contributed by atoms with Gasteiger partial charge in [-0.1, -0.05) is 120 Å². The summed E-state index contributed by atoms with van der Waals surface area (Å²) in [7, 11) is 0. The van der Waals surface area contributed by atoms with Crippen molar-refractivity contribution in [1.29, 1.82) is 0 Å². The standard InChI is InChI=1S/C22H21ClN4O.C20H19ClN4/c1-15(28)24-22-25-20-11-12-27(13-16-7-3-2-4-8-16)14-18(20)21(26-22)17-9-5-6-10-19(17)23;21-17-9-5-4-8-15(17)19-16-13-25(12-14-6-2-1-3-7-14)11-10-18(16)23-20(22)24-19/h2-10H,11-14H2,1H3,(H,24,25,26,28);1-9H,10-13H2,(H2,22,23,24). The molecular formula is C42H40Cl2N8O. The highest BCUT2D eigenvalue weighted by Gasteiger charge is 2.26. The molecule has 0 saturated carbocycles. The number of nitrogens with two attached hydrogens (primary N) is 1. The van der Waals surface area contributed by atoms with Crippen LogP contribution in [-0.4, -0.2) is 48.7 Å². The molecule has 9 nitrogen and oxygen atoms in total. The van der Waals surface area contributed by atoms with Gasteiger partial charge < -0.3 is 5.73 Å². The molecule has 0 atom stereocenters. The van der Waals surface area contributed by atoms with Gasteiger partial charge >= 0.3 is 0 Å². The quantitative estimate of drug-likeness (QED) is 0.168. The third-order valence-electron chi connectivity index (χ3n) is 9.34. The van der Waals surface area contributed by atoms with E-state index in [9.17, 15) is 4.79 Å². The number of fused-ring (bicyclic) bond motifs is 2. The van der Waals surface area contributed by atoms with Crippen LogP contribution < -0.4 is 11.1 Å².